The van der Waals surface area contributed by atoms with E-state index in [1.165, 1.54) is 5.56 Å². The van der Waals surface area contributed by atoms with Crippen molar-refractivity contribution >= 4 is 0 Å². The molecular weight excluding hydrogens is 282 g/mol. The van der Waals surface area contributed by atoms with Crippen LogP contribution < -0.4 is 5.32 Å². The maximum atomic E-state index is 9.34. The van der Waals surface area contributed by atoms with Crippen LogP contribution in [0.2, 0.25) is 0 Å². The molecule has 0 aliphatic carbocycles. The van der Waals surface area contributed by atoms with Crippen molar-refractivity contribution in [2.45, 2.75) is 39.0 Å². The molecule has 2 aromatic rings. The quantitative estimate of drug-likeness (QED) is 0.750. The first-order chi connectivity index (χ1) is 11.2. The molecule has 3 nitrogen and oxygen atoms in total. The van der Waals surface area contributed by atoms with Crippen molar-refractivity contribution in [1.82, 2.24) is 10.3 Å². The topological polar surface area (TPSA) is 48.7 Å². The van der Waals surface area contributed by atoms with E-state index in [2.05, 4.69) is 47.6 Å². The Balaban J connectivity index is 2.17. The number of rotatable bonds is 8. The summed E-state index contributed by atoms with van der Waals surface area (Å²) in [5.41, 5.74) is 4.10. The first-order valence-electron chi connectivity index (χ1n) is 8.36. The summed E-state index contributed by atoms with van der Waals surface area (Å²) < 4.78 is 0. The zero-order chi connectivity index (χ0) is 16.5. The van der Waals surface area contributed by atoms with Gasteiger partial charge in [-0.15, -0.1) is 0 Å². The van der Waals surface area contributed by atoms with Gasteiger partial charge in [-0.1, -0.05) is 37.3 Å². The molecule has 2 rings (SSSR count). The van der Waals surface area contributed by atoms with E-state index in [1.54, 1.807) is 6.20 Å². The van der Waals surface area contributed by atoms with Gasteiger partial charge in [0.15, 0.2) is 0 Å². The lowest BCUT2D eigenvalue weighted by molar-refractivity contribution is 0.561. The molecule has 0 aliphatic heterocycles. The molecule has 0 bridgehead atoms. The number of nitrogens with zero attached hydrogens (tertiary/aromatic N) is 2. The Kier molecular flexibility index (Phi) is 6.77. The van der Waals surface area contributed by atoms with Gasteiger partial charge in [-0.2, -0.15) is 5.26 Å². The molecule has 0 saturated heterocycles. The van der Waals surface area contributed by atoms with E-state index in [9.17, 15) is 5.26 Å². The van der Waals surface area contributed by atoms with Crippen molar-refractivity contribution in [2.75, 3.05) is 13.1 Å². The summed E-state index contributed by atoms with van der Waals surface area (Å²) in [5, 5.41) is 12.8. The third-order valence-electron chi connectivity index (χ3n) is 4.08. The predicted octanol–water partition coefficient (Wildman–Crippen LogP) is 3.98. The van der Waals surface area contributed by atoms with Crippen molar-refractivity contribution in [2.24, 2.45) is 0 Å². The van der Waals surface area contributed by atoms with Crippen LogP contribution in [0.5, 0.6) is 0 Å². The normalized spacial score (nSPS) is 11.9. The van der Waals surface area contributed by atoms with Crippen LogP contribution >= 0.6 is 0 Å². The van der Waals surface area contributed by atoms with Crippen LogP contribution in [0.4, 0.5) is 0 Å². The molecule has 1 N–H and O–H groups in total. The van der Waals surface area contributed by atoms with Crippen molar-refractivity contribution in [3.05, 3.63) is 65.0 Å². The smallest absolute Gasteiger partial charge is 0.101 e. The van der Waals surface area contributed by atoms with Crippen molar-refractivity contribution < 1.29 is 0 Å². The summed E-state index contributed by atoms with van der Waals surface area (Å²) in [5.74, 6) is 0.412. The van der Waals surface area contributed by atoms with E-state index in [0.29, 0.717) is 11.5 Å². The van der Waals surface area contributed by atoms with Gasteiger partial charge in [0, 0.05) is 11.9 Å². The van der Waals surface area contributed by atoms with Gasteiger partial charge in [0.2, 0.25) is 0 Å². The Labute approximate surface area is 139 Å². The van der Waals surface area contributed by atoms with Crippen LogP contribution in [-0.2, 0) is 6.42 Å². The van der Waals surface area contributed by atoms with Crippen LogP contribution in [-0.4, -0.2) is 18.1 Å². The number of aryl methyl sites for hydroxylation is 1. The second-order valence-electron chi connectivity index (χ2n) is 5.95. The van der Waals surface area contributed by atoms with Crippen molar-refractivity contribution in [3.63, 3.8) is 0 Å². The van der Waals surface area contributed by atoms with E-state index >= 15 is 0 Å². The largest absolute Gasteiger partial charge is 0.317 e. The second kappa shape index (κ2) is 9.07. The molecule has 1 aromatic heterocycles. The number of nitrogens with one attached hydrogen (secondary N) is 1. The van der Waals surface area contributed by atoms with Crippen LogP contribution in [0.15, 0.2) is 42.6 Å². The molecule has 1 heterocycles. The summed E-state index contributed by atoms with van der Waals surface area (Å²) in [7, 11) is 0. The Bertz CT molecular complexity index is 644. The van der Waals surface area contributed by atoms with Gasteiger partial charge in [-0.05, 0) is 62.4 Å². The van der Waals surface area contributed by atoms with Gasteiger partial charge in [0.25, 0.3) is 0 Å². The number of benzene rings is 1. The summed E-state index contributed by atoms with van der Waals surface area (Å²) in [6.07, 6.45) is 4.79. The second-order valence-corrected chi connectivity index (χ2v) is 5.95. The first kappa shape index (κ1) is 17.2. The summed E-state index contributed by atoms with van der Waals surface area (Å²) in [6, 6.07) is 14.9. The molecule has 0 spiro atoms. The predicted molar refractivity (Wildman–Crippen MR) is 94.4 cm³/mol. The van der Waals surface area contributed by atoms with E-state index in [0.717, 1.165) is 43.6 Å². The molecule has 0 radical (unpaired) electrons. The SMILES string of the molecule is CCCNCCC(Cc1cc(C)ncc1C#N)c1ccccc1. The Hall–Kier alpha value is -2.18. The average molecular weight is 307 g/mol. The van der Waals surface area contributed by atoms with E-state index in [4.69, 9.17) is 0 Å². The highest BCUT2D eigenvalue weighted by Crippen LogP contribution is 2.25. The molecule has 0 saturated carbocycles. The Morgan fingerprint density at radius 1 is 1.22 bits per heavy atom. The van der Waals surface area contributed by atoms with Gasteiger partial charge >= 0.3 is 0 Å². The van der Waals surface area contributed by atoms with Crippen LogP contribution in [0.1, 0.15) is 48.1 Å². The van der Waals surface area contributed by atoms with Gasteiger partial charge in [0.1, 0.15) is 6.07 Å². The molecule has 120 valence electrons. The number of hydrogen-bond donors (Lipinski definition) is 1. The van der Waals surface area contributed by atoms with Crippen LogP contribution in [0.3, 0.4) is 0 Å². The van der Waals surface area contributed by atoms with Crippen molar-refractivity contribution in [3.8, 4) is 6.07 Å². The third-order valence-corrected chi connectivity index (χ3v) is 4.08. The Morgan fingerprint density at radius 2 is 2.00 bits per heavy atom. The summed E-state index contributed by atoms with van der Waals surface area (Å²) >= 11 is 0. The molecule has 23 heavy (non-hydrogen) atoms. The highest BCUT2D eigenvalue weighted by molar-refractivity contribution is 5.38. The van der Waals surface area contributed by atoms with Gasteiger partial charge in [-0.3, -0.25) is 4.98 Å². The number of nitriles is 1. The van der Waals surface area contributed by atoms with Crippen LogP contribution in [0, 0.1) is 18.3 Å². The van der Waals surface area contributed by atoms with Crippen molar-refractivity contribution in [1.29, 1.82) is 5.26 Å². The van der Waals surface area contributed by atoms with Crippen LogP contribution in [0.25, 0.3) is 0 Å². The summed E-state index contributed by atoms with van der Waals surface area (Å²) in [4.78, 5) is 4.24. The molecule has 1 unspecified atom stereocenters. The molecule has 0 aliphatic rings. The lowest BCUT2D eigenvalue weighted by atomic mass is 9.88. The molecule has 0 amide bonds. The average Bonchev–Trinajstić information content (AvgIpc) is 2.58. The number of hydrogen-bond acceptors (Lipinski definition) is 3. The minimum absolute atomic E-state index is 0.412. The fraction of sp³-hybridized carbons (Fsp3) is 0.400. The van der Waals surface area contributed by atoms with E-state index < -0.39 is 0 Å². The monoisotopic (exact) mass is 307 g/mol. The minimum atomic E-state index is 0.412. The molecule has 0 fully saturated rings. The fourth-order valence-corrected chi connectivity index (χ4v) is 2.84. The van der Waals surface area contributed by atoms with Gasteiger partial charge in [-0.25, -0.2) is 0 Å². The van der Waals surface area contributed by atoms with E-state index in [1.807, 2.05) is 19.1 Å². The highest BCUT2D eigenvalue weighted by atomic mass is 14.8. The minimum Gasteiger partial charge on any atom is -0.317 e. The maximum absolute atomic E-state index is 9.34. The fourth-order valence-electron chi connectivity index (χ4n) is 2.84. The molecule has 1 aromatic carbocycles. The molecular formula is C20H25N3. The lowest BCUT2D eigenvalue weighted by Gasteiger charge is -2.19. The zero-order valence-electron chi connectivity index (χ0n) is 14.0. The first-order valence-corrected chi connectivity index (χ1v) is 8.36. The van der Waals surface area contributed by atoms with Gasteiger partial charge in [0.05, 0.1) is 5.56 Å². The number of aromatic nitrogens is 1. The Morgan fingerprint density at radius 3 is 2.70 bits per heavy atom. The maximum Gasteiger partial charge on any atom is 0.101 e. The highest BCUT2D eigenvalue weighted by Gasteiger charge is 2.15. The molecule has 1 atom stereocenters. The summed E-state index contributed by atoms with van der Waals surface area (Å²) in [6.45, 7) is 6.21. The standard InChI is InChI=1S/C20H25N3/c1-3-10-22-11-9-18(17-7-5-4-6-8-17)13-19-12-16(2)23-15-20(19)14-21/h4-8,12,15,18,22H,3,9-11,13H2,1-2H3. The lowest BCUT2D eigenvalue weighted by Crippen LogP contribution is -2.19. The third kappa shape index (κ3) is 5.19. The molecule has 3 heteroatoms. The van der Waals surface area contributed by atoms with Gasteiger partial charge < -0.3 is 5.32 Å². The number of pyridine rings is 1. The zero-order valence-corrected chi connectivity index (χ0v) is 14.0. The van der Waals surface area contributed by atoms with E-state index in [-0.39, 0.29) is 0 Å².